The Hall–Kier alpha value is 0.620. The van der Waals surface area contributed by atoms with Crippen LogP contribution in [0.2, 0.25) is 0 Å². The van der Waals surface area contributed by atoms with E-state index in [0.29, 0.717) is 10.9 Å². The van der Waals surface area contributed by atoms with Gasteiger partial charge in [-0.05, 0) is 48.2 Å². The molecule has 1 nitrogen and oxygen atoms in total. The molecule has 1 fully saturated rings. The highest BCUT2D eigenvalue weighted by molar-refractivity contribution is 9.11. The Labute approximate surface area is 111 Å². The first-order valence-corrected chi connectivity index (χ1v) is 7.72. The molecular formula is C11H14Br2OS. The highest BCUT2D eigenvalue weighted by Gasteiger charge is 2.26. The molecule has 0 saturated carbocycles. The number of ether oxygens (including phenoxy) is 1. The number of thiophene rings is 1. The summed E-state index contributed by atoms with van der Waals surface area (Å²) in [5.74, 6) is 0. The molecule has 15 heavy (non-hydrogen) atoms. The summed E-state index contributed by atoms with van der Waals surface area (Å²) in [5, 5.41) is 0. The van der Waals surface area contributed by atoms with Gasteiger partial charge in [-0.2, -0.15) is 0 Å². The maximum atomic E-state index is 5.80. The Morgan fingerprint density at radius 1 is 1.53 bits per heavy atom. The lowest BCUT2D eigenvalue weighted by Gasteiger charge is -2.26. The highest BCUT2D eigenvalue weighted by Crippen LogP contribution is 2.41. The fourth-order valence-electron chi connectivity index (χ4n) is 1.85. The van der Waals surface area contributed by atoms with Crippen molar-refractivity contribution < 1.29 is 4.74 Å². The third-order valence-corrected chi connectivity index (χ3v) is 6.03. The van der Waals surface area contributed by atoms with Gasteiger partial charge >= 0.3 is 0 Å². The van der Waals surface area contributed by atoms with Crippen LogP contribution in [0.25, 0.3) is 0 Å². The second-order valence-corrected chi connectivity index (χ2v) is 7.00. The van der Waals surface area contributed by atoms with Gasteiger partial charge in [0.25, 0.3) is 0 Å². The normalized spacial score (nSPS) is 24.1. The summed E-state index contributed by atoms with van der Waals surface area (Å²) in [7, 11) is 0. The lowest BCUT2D eigenvalue weighted by atomic mass is 10.1. The van der Waals surface area contributed by atoms with Crippen LogP contribution in [0.3, 0.4) is 0 Å². The fraction of sp³-hybridized carbons (Fsp3) is 0.636. The molecule has 84 valence electrons. The molecule has 2 heterocycles. The number of alkyl halides is 1. The van der Waals surface area contributed by atoms with Crippen LogP contribution in [0.15, 0.2) is 10.5 Å². The van der Waals surface area contributed by atoms with Gasteiger partial charge in [-0.3, -0.25) is 0 Å². The summed E-state index contributed by atoms with van der Waals surface area (Å²) in [5.41, 5.74) is 0. The van der Waals surface area contributed by atoms with Crippen LogP contribution in [0, 0.1) is 6.92 Å². The molecule has 0 aliphatic carbocycles. The van der Waals surface area contributed by atoms with Gasteiger partial charge in [-0.25, -0.2) is 0 Å². The predicted molar refractivity (Wildman–Crippen MR) is 72.0 cm³/mol. The molecule has 4 heteroatoms. The van der Waals surface area contributed by atoms with Gasteiger partial charge in [0.1, 0.15) is 0 Å². The van der Waals surface area contributed by atoms with Crippen molar-refractivity contribution in [1.29, 1.82) is 0 Å². The third-order valence-electron chi connectivity index (χ3n) is 2.63. The quantitative estimate of drug-likeness (QED) is 0.692. The molecule has 1 aliphatic heterocycles. The number of halogens is 2. The third kappa shape index (κ3) is 2.84. The van der Waals surface area contributed by atoms with Crippen molar-refractivity contribution in [3.8, 4) is 0 Å². The van der Waals surface area contributed by atoms with Gasteiger partial charge < -0.3 is 4.74 Å². The Bertz CT molecular complexity index is 331. The van der Waals surface area contributed by atoms with Crippen molar-refractivity contribution in [2.75, 3.05) is 6.61 Å². The summed E-state index contributed by atoms with van der Waals surface area (Å²) in [6, 6.07) is 2.18. The van der Waals surface area contributed by atoms with E-state index in [1.807, 2.05) is 11.3 Å². The molecule has 1 aromatic rings. The van der Waals surface area contributed by atoms with E-state index in [-0.39, 0.29) is 0 Å². The second-order valence-electron chi connectivity index (χ2n) is 3.88. The summed E-state index contributed by atoms with van der Waals surface area (Å²) < 4.78 is 7.01. The van der Waals surface area contributed by atoms with E-state index in [2.05, 4.69) is 44.8 Å². The van der Waals surface area contributed by atoms with Crippen molar-refractivity contribution in [2.24, 2.45) is 0 Å². The van der Waals surface area contributed by atoms with Gasteiger partial charge in [-0.15, -0.1) is 11.3 Å². The first-order valence-electron chi connectivity index (χ1n) is 5.20. The standard InChI is InChI=1S/C11H14Br2OS/c1-7-6-8(12)11(15-7)10(13)9-4-2-3-5-14-9/h6,9-10H,2-5H2,1H3. The monoisotopic (exact) mass is 352 g/mol. The molecule has 1 saturated heterocycles. The topological polar surface area (TPSA) is 9.23 Å². The molecule has 2 rings (SSSR count). The van der Waals surface area contributed by atoms with Gasteiger partial charge in [0.2, 0.25) is 0 Å². The maximum absolute atomic E-state index is 5.80. The van der Waals surface area contributed by atoms with Gasteiger partial charge in [-0.1, -0.05) is 15.9 Å². The summed E-state index contributed by atoms with van der Waals surface area (Å²) in [4.78, 5) is 3.04. The number of hydrogen-bond acceptors (Lipinski definition) is 2. The molecule has 0 amide bonds. The zero-order valence-electron chi connectivity index (χ0n) is 8.63. The largest absolute Gasteiger partial charge is 0.377 e. The van der Waals surface area contributed by atoms with E-state index >= 15 is 0 Å². The lowest BCUT2D eigenvalue weighted by molar-refractivity contribution is 0.0164. The molecule has 0 bridgehead atoms. The first kappa shape index (κ1) is 12.1. The Morgan fingerprint density at radius 2 is 2.33 bits per heavy atom. The van der Waals surface area contributed by atoms with Crippen molar-refractivity contribution in [1.82, 2.24) is 0 Å². The molecule has 0 spiro atoms. The summed E-state index contributed by atoms with van der Waals surface area (Å²) in [6.45, 7) is 3.05. The van der Waals surface area contributed by atoms with Crippen molar-refractivity contribution in [2.45, 2.75) is 37.1 Å². The van der Waals surface area contributed by atoms with E-state index in [0.717, 1.165) is 6.61 Å². The van der Waals surface area contributed by atoms with Crippen molar-refractivity contribution >= 4 is 43.2 Å². The minimum absolute atomic E-state index is 0.339. The SMILES string of the molecule is Cc1cc(Br)c(C(Br)C2CCCCO2)s1. The van der Waals surface area contributed by atoms with Crippen LogP contribution in [-0.4, -0.2) is 12.7 Å². The zero-order chi connectivity index (χ0) is 10.8. The minimum Gasteiger partial charge on any atom is -0.377 e. The Kier molecular flexibility index (Phi) is 4.27. The van der Waals surface area contributed by atoms with E-state index < -0.39 is 0 Å². The van der Waals surface area contributed by atoms with Crippen molar-refractivity contribution in [3.63, 3.8) is 0 Å². The van der Waals surface area contributed by atoms with Crippen LogP contribution in [0.1, 0.15) is 33.8 Å². The van der Waals surface area contributed by atoms with E-state index in [4.69, 9.17) is 4.74 Å². The van der Waals surface area contributed by atoms with Gasteiger partial charge in [0.15, 0.2) is 0 Å². The molecule has 0 N–H and O–H groups in total. The number of aryl methyl sites for hydroxylation is 1. The van der Waals surface area contributed by atoms with Gasteiger partial charge in [0, 0.05) is 20.8 Å². The number of rotatable bonds is 2. The molecule has 1 aromatic heterocycles. The van der Waals surface area contributed by atoms with Crippen LogP contribution in [-0.2, 0) is 4.74 Å². The fourth-order valence-corrected chi connectivity index (χ4v) is 5.03. The predicted octanol–water partition coefficient (Wildman–Crippen LogP) is 4.82. The second kappa shape index (κ2) is 5.30. The average Bonchev–Trinajstić information content (AvgIpc) is 2.58. The van der Waals surface area contributed by atoms with Crippen LogP contribution in [0.4, 0.5) is 0 Å². The smallest absolute Gasteiger partial charge is 0.0762 e. The zero-order valence-corrected chi connectivity index (χ0v) is 12.6. The molecule has 0 aromatic carbocycles. The average molecular weight is 354 g/mol. The highest BCUT2D eigenvalue weighted by atomic mass is 79.9. The van der Waals surface area contributed by atoms with E-state index in [1.54, 1.807) is 0 Å². The molecule has 2 atom stereocenters. The molecule has 1 aliphatic rings. The van der Waals surface area contributed by atoms with Gasteiger partial charge in [0.05, 0.1) is 10.9 Å². The van der Waals surface area contributed by atoms with E-state index in [9.17, 15) is 0 Å². The Balaban J connectivity index is 2.12. The summed E-state index contributed by atoms with van der Waals surface area (Å²) in [6.07, 6.45) is 4.00. The first-order chi connectivity index (χ1) is 7.18. The van der Waals surface area contributed by atoms with Crippen molar-refractivity contribution in [3.05, 3.63) is 20.3 Å². The van der Waals surface area contributed by atoms with Crippen LogP contribution < -0.4 is 0 Å². The lowest BCUT2D eigenvalue weighted by Crippen LogP contribution is -2.23. The maximum Gasteiger partial charge on any atom is 0.0762 e. The van der Waals surface area contributed by atoms with E-state index in [1.165, 1.54) is 33.5 Å². The molecule has 2 unspecified atom stereocenters. The summed E-state index contributed by atoms with van der Waals surface area (Å²) >= 11 is 9.22. The van der Waals surface area contributed by atoms with Crippen LogP contribution in [0.5, 0.6) is 0 Å². The molecular weight excluding hydrogens is 340 g/mol. The van der Waals surface area contributed by atoms with Crippen LogP contribution >= 0.6 is 43.2 Å². The minimum atomic E-state index is 0.339. The Morgan fingerprint density at radius 3 is 2.87 bits per heavy atom. The number of hydrogen-bond donors (Lipinski definition) is 0. The molecule has 0 radical (unpaired) electrons.